The van der Waals surface area contributed by atoms with E-state index in [0.29, 0.717) is 26.0 Å². The summed E-state index contributed by atoms with van der Waals surface area (Å²) in [6.07, 6.45) is 1.93. The van der Waals surface area contributed by atoms with Crippen LogP contribution < -0.4 is 5.32 Å². The van der Waals surface area contributed by atoms with Gasteiger partial charge in [0.15, 0.2) is 0 Å². The molecule has 0 amide bonds. The van der Waals surface area contributed by atoms with Crippen molar-refractivity contribution >= 4 is 0 Å². The van der Waals surface area contributed by atoms with Crippen LogP contribution in [-0.2, 0) is 4.74 Å². The summed E-state index contributed by atoms with van der Waals surface area (Å²) in [5, 5.41) is 2.74. The van der Waals surface area contributed by atoms with Gasteiger partial charge in [0.1, 0.15) is 0 Å². The van der Waals surface area contributed by atoms with Gasteiger partial charge < -0.3 is 10.1 Å². The first kappa shape index (κ1) is 9.34. The molecule has 1 atom stereocenters. The molecule has 4 heteroatoms. The number of rotatable bonds is 0. The Morgan fingerprint density at radius 1 is 1.23 bits per heavy atom. The van der Waals surface area contributed by atoms with Gasteiger partial charge in [-0.15, -0.1) is 0 Å². The Balaban J connectivity index is 2.16. The van der Waals surface area contributed by atoms with E-state index >= 15 is 0 Å². The smallest absolute Gasteiger partial charge is 0.268 e. The van der Waals surface area contributed by atoms with Gasteiger partial charge in [-0.1, -0.05) is 0 Å². The first-order valence-corrected chi connectivity index (χ1v) is 4.83. The zero-order valence-electron chi connectivity index (χ0n) is 7.61. The number of hydrogen-bond donors (Lipinski definition) is 1. The van der Waals surface area contributed by atoms with Crippen molar-refractivity contribution in [2.24, 2.45) is 5.41 Å². The Morgan fingerprint density at radius 3 is 2.69 bits per heavy atom. The topological polar surface area (TPSA) is 21.3 Å². The van der Waals surface area contributed by atoms with Gasteiger partial charge in [0.05, 0.1) is 18.6 Å². The lowest BCUT2D eigenvalue weighted by Crippen LogP contribution is -2.57. The molecular weight excluding hydrogens is 176 g/mol. The third-order valence-corrected chi connectivity index (χ3v) is 3.23. The van der Waals surface area contributed by atoms with Gasteiger partial charge >= 0.3 is 0 Å². The molecule has 2 aliphatic rings. The maximum absolute atomic E-state index is 13.6. The van der Waals surface area contributed by atoms with Gasteiger partial charge in [0.25, 0.3) is 5.92 Å². The van der Waals surface area contributed by atoms with Crippen molar-refractivity contribution in [3.63, 3.8) is 0 Å². The Bertz CT molecular complexity index is 182. The highest BCUT2D eigenvalue weighted by molar-refractivity contribution is 4.98. The molecule has 76 valence electrons. The van der Waals surface area contributed by atoms with Crippen LogP contribution in [0.5, 0.6) is 0 Å². The van der Waals surface area contributed by atoms with E-state index in [4.69, 9.17) is 4.74 Å². The molecule has 1 unspecified atom stereocenters. The third kappa shape index (κ3) is 1.46. The van der Waals surface area contributed by atoms with Gasteiger partial charge in [-0.3, -0.25) is 0 Å². The summed E-state index contributed by atoms with van der Waals surface area (Å²) in [5.74, 6) is -2.59. The van der Waals surface area contributed by atoms with E-state index in [1.54, 1.807) is 0 Å². The summed E-state index contributed by atoms with van der Waals surface area (Å²) in [7, 11) is 0. The van der Waals surface area contributed by atoms with Gasteiger partial charge in [-0.05, 0) is 25.8 Å². The highest BCUT2D eigenvalue weighted by atomic mass is 19.3. The van der Waals surface area contributed by atoms with Crippen molar-refractivity contribution < 1.29 is 13.5 Å². The number of halogens is 2. The van der Waals surface area contributed by atoms with Crippen LogP contribution in [0.3, 0.4) is 0 Å². The Hall–Kier alpha value is -0.220. The van der Waals surface area contributed by atoms with Crippen LogP contribution in [0.1, 0.15) is 19.3 Å². The van der Waals surface area contributed by atoms with Crippen molar-refractivity contribution in [2.75, 3.05) is 26.3 Å². The van der Waals surface area contributed by atoms with Gasteiger partial charge in [-0.2, -0.15) is 0 Å². The van der Waals surface area contributed by atoms with Crippen LogP contribution in [0.15, 0.2) is 0 Å². The van der Waals surface area contributed by atoms with E-state index in [-0.39, 0.29) is 13.2 Å². The lowest BCUT2D eigenvalue weighted by atomic mass is 9.72. The lowest BCUT2D eigenvalue weighted by Gasteiger charge is -2.46. The molecule has 1 N–H and O–H groups in total. The summed E-state index contributed by atoms with van der Waals surface area (Å²) in [6.45, 7) is 1.39. The lowest BCUT2D eigenvalue weighted by molar-refractivity contribution is -0.187. The predicted molar refractivity (Wildman–Crippen MR) is 44.9 cm³/mol. The summed E-state index contributed by atoms with van der Waals surface area (Å²) in [5.41, 5.74) is -0.865. The number of nitrogens with one attached hydrogen (secondary N) is 1. The molecule has 0 aromatic rings. The fourth-order valence-electron chi connectivity index (χ4n) is 2.28. The van der Waals surface area contributed by atoms with Crippen molar-refractivity contribution in [1.29, 1.82) is 0 Å². The van der Waals surface area contributed by atoms with Crippen molar-refractivity contribution in [3.8, 4) is 0 Å². The molecule has 0 radical (unpaired) electrons. The minimum atomic E-state index is -2.59. The van der Waals surface area contributed by atoms with Crippen molar-refractivity contribution in [3.05, 3.63) is 0 Å². The highest BCUT2D eigenvalue weighted by Crippen LogP contribution is 2.46. The van der Waals surface area contributed by atoms with E-state index in [0.717, 1.165) is 6.42 Å². The molecule has 0 aliphatic carbocycles. The Labute approximate surface area is 76.6 Å². The number of hydrogen-bond acceptors (Lipinski definition) is 2. The summed E-state index contributed by atoms with van der Waals surface area (Å²) in [6, 6.07) is 0. The minimum Gasteiger partial charge on any atom is -0.381 e. The van der Waals surface area contributed by atoms with Gasteiger partial charge in [0, 0.05) is 6.61 Å². The monoisotopic (exact) mass is 191 g/mol. The van der Waals surface area contributed by atoms with E-state index in [9.17, 15) is 8.78 Å². The van der Waals surface area contributed by atoms with Crippen LogP contribution >= 0.6 is 0 Å². The Morgan fingerprint density at radius 2 is 2.08 bits per heavy atom. The molecule has 2 fully saturated rings. The molecule has 1 spiro atoms. The molecule has 0 saturated carbocycles. The van der Waals surface area contributed by atoms with Crippen molar-refractivity contribution in [2.45, 2.75) is 25.2 Å². The van der Waals surface area contributed by atoms with Crippen LogP contribution in [0.4, 0.5) is 8.78 Å². The fraction of sp³-hybridized carbons (Fsp3) is 1.00. The van der Waals surface area contributed by atoms with E-state index in [1.807, 2.05) is 0 Å². The maximum Gasteiger partial charge on any atom is 0.268 e. The Kier molecular flexibility index (Phi) is 2.28. The minimum absolute atomic E-state index is 0.184. The number of ether oxygens (including phenoxy) is 1. The number of alkyl halides is 2. The standard InChI is InChI=1S/C9H15F2NO/c10-9(11)6-12-4-3-8(9)2-1-5-13-7-8/h12H,1-7H2. The molecule has 13 heavy (non-hydrogen) atoms. The van der Waals surface area contributed by atoms with Crippen LogP contribution in [-0.4, -0.2) is 32.2 Å². The average Bonchev–Trinajstić information content (AvgIpc) is 2.12. The first-order valence-electron chi connectivity index (χ1n) is 4.83. The van der Waals surface area contributed by atoms with Crippen LogP contribution in [0.2, 0.25) is 0 Å². The summed E-state index contributed by atoms with van der Waals surface area (Å²) in [4.78, 5) is 0. The third-order valence-electron chi connectivity index (χ3n) is 3.23. The van der Waals surface area contributed by atoms with E-state index in [1.165, 1.54) is 0 Å². The molecule has 2 nitrogen and oxygen atoms in total. The predicted octanol–water partition coefficient (Wildman–Crippen LogP) is 1.41. The zero-order valence-corrected chi connectivity index (χ0v) is 7.61. The second-order valence-electron chi connectivity index (χ2n) is 4.07. The largest absolute Gasteiger partial charge is 0.381 e. The van der Waals surface area contributed by atoms with Crippen LogP contribution in [0, 0.1) is 5.41 Å². The second kappa shape index (κ2) is 3.17. The molecule has 2 rings (SSSR count). The average molecular weight is 191 g/mol. The quantitative estimate of drug-likeness (QED) is 0.625. The molecule has 2 aliphatic heterocycles. The molecule has 0 aromatic carbocycles. The van der Waals surface area contributed by atoms with Gasteiger partial charge in [-0.25, -0.2) is 8.78 Å². The molecule has 2 heterocycles. The van der Waals surface area contributed by atoms with E-state index in [2.05, 4.69) is 5.32 Å². The maximum atomic E-state index is 13.6. The van der Waals surface area contributed by atoms with E-state index < -0.39 is 11.3 Å². The fourth-order valence-corrected chi connectivity index (χ4v) is 2.28. The first-order chi connectivity index (χ1) is 6.16. The summed E-state index contributed by atoms with van der Waals surface area (Å²) < 4.78 is 32.4. The van der Waals surface area contributed by atoms with Gasteiger partial charge in [0.2, 0.25) is 0 Å². The van der Waals surface area contributed by atoms with Crippen molar-refractivity contribution in [1.82, 2.24) is 5.32 Å². The molecule has 0 aromatic heterocycles. The highest BCUT2D eigenvalue weighted by Gasteiger charge is 2.55. The summed E-state index contributed by atoms with van der Waals surface area (Å²) >= 11 is 0. The molecule has 2 saturated heterocycles. The SMILES string of the molecule is FC1(F)CNCCC12CCCOC2. The molecule has 0 bridgehead atoms. The molecular formula is C9H15F2NO. The second-order valence-corrected chi connectivity index (χ2v) is 4.07. The normalized spacial score (nSPS) is 39.2. The number of piperidine rings is 1. The van der Waals surface area contributed by atoms with Crippen LogP contribution in [0.25, 0.3) is 0 Å². The zero-order chi connectivity index (χ0) is 9.36.